The Balaban J connectivity index is 1.93. The van der Waals surface area contributed by atoms with Gasteiger partial charge in [0.15, 0.2) is 0 Å². The molecule has 1 aromatic carbocycles. The van der Waals surface area contributed by atoms with Crippen LogP contribution in [0.25, 0.3) is 0 Å². The number of amides is 2. The molecule has 1 heterocycles. The molecule has 98 valence electrons. The fourth-order valence-electron chi connectivity index (χ4n) is 1.90. The first-order chi connectivity index (χ1) is 8.66. The van der Waals surface area contributed by atoms with Crippen LogP contribution < -0.4 is 11.1 Å². The summed E-state index contributed by atoms with van der Waals surface area (Å²) >= 11 is 0. The topological polar surface area (TPSA) is 67.6 Å². The van der Waals surface area contributed by atoms with Crippen molar-refractivity contribution in [3.63, 3.8) is 0 Å². The molecule has 1 aliphatic heterocycles. The molecule has 1 aliphatic rings. The SMILES string of the molecule is CC(N)C1CN(C(=O)Nc2ccccc2)CCO1. The molecule has 1 aromatic rings. The maximum atomic E-state index is 12.1. The summed E-state index contributed by atoms with van der Waals surface area (Å²) in [5.41, 5.74) is 6.60. The molecule has 5 heteroatoms. The smallest absolute Gasteiger partial charge is 0.322 e. The number of ether oxygens (including phenoxy) is 1. The Labute approximate surface area is 107 Å². The average molecular weight is 249 g/mol. The fraction of sp³-hybridized carbons (Fsp3) is 0.462. The van der Waals surface area contributed by atoms with Crippen molar-refractivity contribution in [2.75, 3.05) is 25.0 Å². The van der Waals surface area contributed by atoms with Crippen LogP contribution >= 0.6 is 0 Å². The minimum Gasteiger partial charge on any atom is -0.373 e. The Morgan fingerprint density at radius 2 is 2.22 bits per heavy atom. The van der Waals surface area contributed by atoms with Crippen LogP contribution in [0.1, 0.15) is 6.92 Å². The Hall–Kier alpha value is -1.59. The Morgan fingerprint density at radius 3 is 2.89 bits per heavy atom. The number of hydrogen-bond acceptors (Lipinski definition) is 3. The van der Waals surface area contributed by atoms with E-state index in [9.17, 15) is 4.79 Å². The van der Waals surface area contributed by atoms with E-state index in [0.29, 0.717) is 19.7 Å². The predicted molar refractivity (Wildman–Crippen MR) is 70.4 cm³/mol. The van der Waals surface area contributed by atoms with Gasteiger partial charge < -0.3 is 20.7 Å². The van der Waals surface area contributed by atoms with E-state index in [1.54, 1.807) is 4.90 Å². The van der Waals surface area contributed by atoms with Gasteiger partial charge in [-0.25, -0.2) is 4.79 Å². The first kappa shape index (κ1) is 12.9. The highest BCUT2D eigenvalue weighted by Gasteiger charge is 2.26. The lowest BCUT2D eigenvalue weighted by Gasteiger charge is -2.34. The second kappa shape index (κ2) is 5.84. The summed E-state index contributed by atoms with van der Waals surface area (Å²) in [6.45, 7) is 3.57. The quantitative estimate of drug-likeness (QED) is 0.829. The number of hydrogen-bond donors (Lipinski definition) is 2. The van der Waals surface area contributed by atoms with Crippen molar-refractivity contribution in [1.82, 2.24) is 4.90 Å². The summed E-state index contributed by atoms with van der Waals surface area (Å²) in [7, 11) is 0. The highest BCUT2D eigenvalue weighted by atomic mass is 16.5. The van der Waals surface area contributed by atoms with Gasteiger partial charge in [0.25, 0.3) is 0 Å². The molecule has 2 rings (SSSR count). The van der Waals surface area contributed by atoms with E-state index in [1.165, 1.54) is 0 Å². The number of nitrogens with two attached hydrogens (primary N) is 1. The van der Waals surface area contributed by atoms with E-state index in [0.717, 1.165) is 5.69 Å². The molecular formula is C13H19N3O2. The molecular weight excluding hydrogens is 230 g/mol. The van der Waals surface area contributed by atoms with E-state index < -0.39 is 0 Å². The molecule has 0 saturated carbocycles. The van der Waals surface area contributed by atoms with Crippen LogP contribution in [0.2, 0.25) is 0 Å². The lowest BCUT2D eigenvalue weighted by atomic mass is 10.1. The summed E-state index contributed by atoms with van der Waals surface area (Å²) in [5, 5.41) is 2.86. The predicted octanol–water partition coefficient (Wildman–Crippen LogP) is 1.27. The first-order valence-electron chi connectivity index (χ1n) is 6.15. The Bertz CT molecular complexity index is 394. The number of carbonyl (C=O) groups is 1. The molecule has 2 atom stereocenters. The highest BCUT2D eigenvalue weighted by Crippen LogP contribution is 2.11. The monoisotopic (exact) mass is 249 g/mol. The van der Waals surface area contributed by atoms with Crippen LogP contribution in [0.5, 0.6) is 0 Å². The average Bonchev–Trinajstić information content (AvgIpc) is 2.40. The lowest BCUT2D eigenvalue weighted by Crippen LogP contribution is -2.52. The van der Waals surface area contributed by atoms with Gasteiger partial charge in [-0.15, -0.1) is 0 Å². The zero-order valence-electron chi connectivity index (χ0n) is 10.5. The molecule has 0 radical (unpaired) electrons. The van der Waals surface area contributed by atoms with E-state index in [4.69, 9.17) is 10.5 Å². The molecule has 0 spiro atoms. The van der Waals surface area contributed by atoms with Crippen LogP contribution in [0.15, 0.2) is 30.3 Å². The van der Waals surface area contributed by atoms with Crippen molar-refractivity contribution in [1.29, 1.82) is 0 Å². The lowest BCUT2D eigenvalue weighted by molar-refractivity contribution is -0.0220. The summed E-state index contributed by atoms with van der Waals surface area (Å²) < 4.78 is 5.52. The van der Waals surface area contributed by atoms with Gasteiger partial charge in [-0.05, 0) is 19.1 Å². The molecule has 1 saturated heterocycles. The van der Waals surface area contributed by atoms with Crippen molar-refractivity contribution in [3.05, 3.63) is 30.3 Å². The van der Waals surface area contributed by atoms with Gasteiger partial charge in [0, 0.05) is 18.3 Å². The van der Waals surface area contributed by atoms with Crippen molar-refractivity contribution in [2.45, 2.75) is 19.1 Å². The number of morpholine rings is 1. The van der Waals surface area contributed by atoms with Crippen LogP contribution in [-0.2, 0) is 4.74 Å². The largest absolute Gasteiger partial charge is 0.373 e. The number of carbonyl (C=O) groups excluding carboxylic acids is 1. The van der Waals surface area contributed by atoms with Gasteiger partial charge in [-0.3, -0.25) is 0 Å². The Kier molecular flexibility index (Phi) is 4.17. The van der Waals surface area contributed by atoms with Gasteiger partial charge in [0.1, 0.15) is 0 Å². The molecule has 18 heavy (non-hydrogen) atoms. The number of anilines is 1. The maximum Gasteiger partial charge on any atom is 0.322 e. The van der Waals surface area contributed by atoms with E-state index in [1.807, 2.05) is 37.3 Å². The molecule has 3 N–H and O–H groups in total. The molecule has 0 aromatic heterocycles. The number of nitrogens with zero attached hydrogens (tertiary/aromatic N) is 1. The standard InChI is InChI=1S/C13H19N3O2/c1-10(14)12-9-16(7-8-18-12)13(17)15-11-5-3-2-4-6-11/h2-6,10,12H,7-9,14H2,1H3,(H,15,17). The summed E-state index contributed by atoms with van der Waals surface area (Å²) in [6, 6.07) is 9.24. The zero-order chi connectivity index (χ0) is 13.0. The summed E-state index contributed by atoms with van der Waals surface area (Å²) in [5.74, 6) is 0. The number of para-hydroxylation sites is 1. The number of rotatable bonds is 2. The summed E-state index contributed by atoms with van der Waals surface area (Å²) in [6.07, 6.45) is -0.0831. The molecule has 2 unspecified atom stereocenters. The summed E-state index contributed by atoms with van der Waals surface area (Å²) in [4.78, 5) is 13.8. The minimum atomic E-state index is -0.102. The number of benzene rings is 1. The minimum absolute atomic E-state index is 0.0719. The van der Waals surface area contributed by atoms with Crippen molar-refractivity contribution in [2.24, 2.45) is 5.73 Å². The molecule has 0 aliphatic carbocycles. The van der Waals surface area contributed by atoms with Crippen LogP contribution in [0, 0.1) is 0 Å². The van der Waals surface area contributed by atoms with Gasteiger partial charge in [-0.2, -0.15) is 0 Å². The van der Waals surface area contributed by atoms with Gasteiger partial charge in [0.2, 0.25) is 0 Å². The second-order valence-corrected chi connectivity index (χ2v) is 4.51. The fourth-order valence-corrected chi connectivity index (χ4v) is 1.90. The van der Waals surface area contributed by atoms with Crippen molar-refractivity contribution < 1.29 is 9.53 Å². The maximum absolute atomic E-state index is 12.1. The Morgan fingerprint density at radius 1 is 1.50 bits per heavy atom. The van der Waals surface area contributed by atoms with Crippen LogP contribution in [0.4, 0.5) is 10.5 Å². The van der Waals surface area contributed by atoms with Crippen LogP contribution in [-0.4, -0.2) is 42.8 Å². The number of nitrogens with one attached hydrogen (secondary N) is 1. The van der Waals surface area contributed by atoms with E-state index >= 15 is 0 Å². The van der Waals surface area contributed by atoms with Crippen LogP contribution in [0.3, 0.4) is 0 Å². The van der Waals surface area contributed by atoms with Crippen molar-refractivity contribution >= 4 is 11.7 Å². The van der Waals surface area contributed by atoms with Gasteiger partial charge >= 0.3 is 6.03 Å². The molecule has 5 nitrogen and oxygen atoms in total. The number of urea groups is 1. The molecule has 1 fully saturated rings. The van der Waals surface area contributed by atoms with Gasteiger partial charge in [-0.1, -0.05) is 18.2 Å². The zero-order valence-corrected chi connectivity index (χ0v) is 10.5. The normalized spacial score (nSPS) is 21.4. The molecule has 0 bridgehead atoms. The molecule has 2 amide bonds. The third kappa shape index (κ3) is 3.21. The second-order valence-electron chi connectivity index (χ2n) is 4.51. The van der Waals surface area contributed by atoms with Crippen molar-refractivity contribution in [3.8, 4) is 0 Å². The third-order valence-electron chi connectivity index (χ3n) is 2.99. The first-order valence-corrected chi connectivity index (χ1v) is 6.15. The van der Waals surface area contributed by atoms with E-state index in [2.05, 4.69) is 5.32 Å². The van der Waals surface area contributed by atoms with E-state index in [-0.39, 0.29) is 18.2 Å². The van der Waals surface area contributed by atoms with Gasteiger partial charge in [0.05, 0.1) is 19.3 Å². The highest BCUT2D eigenvalue weighted by molar-refractivity contribution is 5.89. The third-order valence-corrected chi connectivity index (χ3v) is 2.99.